The van der Waals surface area contributed by atoms with Crippen molar-refractivity contribution in [3.8, 4) is 11.8 Å². The van der Waals surface area contributed by atoms with Crippen LogP contribution >= 0.6 is 11.3 Å². The molecule has 21 heavy (non-hydrogen) atoms. The van der Waals surface area contributed by atoms with Crippen LogP contribution in [0.2, 0.25) is 0 Å². The first-order valence-corrected chi connectivity index (χ1v) is 7.65. The van der Waals surface area contributed by atoms with Gasteiger partial charge in [-0.3, -0.25) is 4.79 Å². The van der Waals surface area contributed by atoms with E-state index in [1.54, 1.807) is 0 Å². The van der Waals surface area contributed by atoms with Crippen molar-refractivity contribution in [3.63, 3.8) is 0 Å². The lowest BCUT2D eigenvalue weighted by atomic mass is 10.1. The van der Waals surface area contributed by atoms with Gasteiger partial charge in [0.05, 0.1) is 4.88 Å². The standard InChI is InChI=1S/C17H17NO2S/c1-2-15-8-10-21-16(15)17(20)18-12-14-6-3-5-13(11-14)7-4-9-19/h3,5-6,8,10-11,19H,2,9,12H2,1H3,(H,18,20). The second kappa shape index (κ2) is 7.63. The lowest BCUT2D eigenvalue weighted by Crippen LogP contribution is -2.22. The highest BCUT2D eigenvalue weighted by Gasteiger charge is 2.11. The van der Waals surface area contributed by atoms with Crippen LogP contribution in [0.3, 0.4) is 0 Å². The van der Waals surface area contributed by atoms with Gasteiger partial charge in [0.2, 0.25) is 0 Å². The van der Waals surface area contributed by atoms with Crippen LogP contribution in [0.15, 0.2) is 35.7 Å². The van der Waals surface area contributed by atoms with Crippen molar-refractivity contribution in [3.05, 3.63) is 57.3 Å². The summed E-state index contributed by atoms with van der Waals surface area (Å²) in [7, 11) is 0. The molecule has 0 aliphatic heterocycles. The lowest BCUT2D eigenvalue weighted by molar-refractivity contribution is 0.0954. The number of aliphatic hydroxyl groups excluding tert-OH is 1. The average molecular weight is 299 g/mol. The molecule has 3 nitrogen and oxygen atoms in total. The van der Waals surface area contributed by atoms with Gasteiger partial charge in [-0.2, -0.15) is 0 Å². The van der Waals surface area contributed by atoms with Gasteiger partial charge in [-0.1, -0.05) is 30.9 Å². The van der Waals surface area contributed by atoms with E-state index in [-0.39, 0.29) is 12.5 Å². The topological polar surface area (TPSA) is 49.3 Å². The molecule has 108 valence electrons. The van der Waals surface area contributed by atoms with Gasteiger partial charge in [-0.05, 0) is 41.1 Å². The van der Waals surface area contributed by atoms with Crippen molar-refractivity contribution < 1.29 is 9.90 Å². The number of carbonyl (C=O) groups excluding carboxylic acids is 1. The van der Waals surface area contributed by atoms with Gasteiger partial charge < -0.3 is 10.4 Å². The molecule has 4 heteroatoms. The molecule has 0 aliphatic rings. The SMILES string of the molecule is CCc1ccsc1C(=O)NCc1cccc(C#CCO)c1. The summed E-state index contributed by atoms with van der Waals surface area (Å²) >= 11 is 1.47. The Balaban J connectivity index is 2.01. The molecular formula is C17H17NO2S. The van der Waals surface area contributed by atoms with Crippen molar-refractivity contribution in [2.45, 2.75) is 19.9 Å². The molecule has 2 rings (SSSR count). The molecule has 0 atom stereocenters. The summed E-state index contributed by atoms with van der Waals surface area (Å²) < 4.78 is 0. The van der Waals surface area contributed by atoms with Gasteiger partial charge in [0.15, 0.2) is 0 Å². The lowest BCUT2D eigenvalue weighted by Gasteiger charge is -2.06. The highest BCUT2D eigenvalue weighted by atomic mass is 32.1. The van der Waals surface area contributed by atoms with Crippen molar-refractivity contribution in [1.29, 1.82) is 0 Å². The van der Waals surface area contributed by atoms with Crippen LogP contribution in [0, 0.1) is 11.8 Å². The Morgan fingerprint density at radius 2 is 2.24 bits per heavy atom. The van der Waals surface area contributed by atoms with Crippen molar-refractivity contribution in [2.24, 2.45) is 0 Å². The molecule has 0 unspecified atom stereocenters. The van der Waals surface area contributed by atoms with Gasteiger partial charge in [-0.25, -0.2) is 0 Å². The first-order valence-electron chi connectivity index (χ1n) is 6.77. The van der Waals surface area contributed by atoms with E-state index < -0.39 is 0 Å². The summed E-state index contributed by atoms with van der Waals surface area (Å²) in [6.45, 7) is 2.36. The van der Waals surface area contributed by atoms with E-state index in [9.17, 15) is 4.79 Å². The van der Waals surface area contributed by atoms with Gasteiger partial charge in [0.25, 0.3) is 5.91 Å². The van der Waals surface area contributed by atoms with Crippen LogP contribution in [0.5, 0.6) is 0 Å². The zero-order valence-electron chi connectivity index (χ0n) is 11.8. The number of aliphatic hydroxyl groups is 1. The smallest absolute Gasteiger partial charge is 0.261 e. The van der Waals surface area contributed by atoms with Crippen LogP contribution in [-0.2, 0) is 13.0 Å². The number of nitrogens with one attached hydrogen (secondary N) is 1. The number of amides is 1. The average Bonchev–Trinajstić information content (AvgIpc) is 2.99. The first kappa shape index (κ1) is 15.3. The minimum atomic E-state index is -0.154. The molecule has 0 aliphatic carbocycles. The number of aryl methyl sites for hydroxylation is 1. The Kier molecular flexibility index (Phi) is 5.56. The minimum absolute atomic E-state index is 0.0336. The van der Waals surface area contributed by atoms with Crippen molar-refractivity contribution in [1.82, 2.24) is 5.32 Å². The molecule has 2 N–H and O–H groups in total. The maximum Gasteiger partial charge on any atom is 0.261 e. The number of hydrogen-bond donors (Lipinski definition) is 2. The summed E-state index contributed by atoms with van der Waals surface area (Å²) in [4.78, 5) is 12.9. The molecule has 1 heterocycles. The molecule has 0 saturated heterocycles. The van der Waals surface area contributed by atoms with Crippen LogP contribution in [0.25, 0.3) is 0 Å². The predicted octanol–water partition coefficient (Wildman–Crippen LogP) is 2.58. The molecule has 1 aromatic heterocycles. The summed E-state index contributed by atoms with van der Waals surface area (Å²) in [5.41, 5.74) is 2.91. The molecular weight excluding hydrogens is 282 g/mol. The largest absolute Gasteiger partial charge is 0.384 e. The van der Waals surface area contributed by atoms with Crippen molar-refractivity contribution >= 4 is 17.2 Å². The minimum Gasteiger partial charge on any atom is -0.384 e. The summed E-state index contributed by atoms with van der Waals surface area (Å²) in [6, 6.07) is 9.62. The molecule has 0 radical (unpaired) electrons. The van der Waals surface area contributed by atoms with E-state index in [2.05, 4.69) is 17.2 Å². The fourth-order valence-electron chi connectivity index (χ4n) is 1.98. The number of benzene rings is 1. The van der Waals surface area contributed by atoms with E-state index >= 15 is 0 Å². The van der Waals surface area contributed by atoms with Gasteiger partial charge in [0, 0.05) is 12.1 Å². The van der Waals surface area contributed by atoms with E-state index in [4.69, 9.17) is 5.11 Å². The highest BCUT2D eigenvalue weighted by Crippen LogP contribution is 2.17. The quantitative estimate of drug-likeness (QED) is 0.853. The van der Waals surface area contributed by atoms with E-state index in [0.29, 0.717) is 6.54 Å². The third-order valence-corrected chi connectivity index (χ3v) is 3.98. The molecule has 0 fully saturated rings. The third kappa shape index (κ3) is 4.19. The van der Waals surface area contributed by atoms with Crippen LogP contribution < -0.4 is 5.32 Å². The Bertz CT molecular complexity index is 679. The molecule has 2 aromatic rings. The Hall–Kier alpha value is -2.09. The van der Waals surface area contributed by atoms with Crippen LogP contribution in [-0.4, -0.2) is 17.6 Å². The van der Waals surface area contributed by atoms with Crippen LogP contribution in [0.4, 0.5) is 0 Å². The predicted molar refractivity (Wildman–Crippen MR) is 85.3 cm³/mol. The molecule has 1 aromatic carbocycles. The van der Waals surface area contributed by atoms with E-state index in [1.165, 1.54) is 11.3 Å². The van der Waals surface area contributed by atoms with E-state index in [1.807, 2.05) is 42.6 Å². The van der Waals surface area contributed by atoms with Gasteiger partial charge in [-0.15, -0.1) is 11.3 Å². The first-order chi connectivity index (χ1) is 10.2. The maximum atomic E-state index is 12.2. The summed E-state index contributed by atoms with van der Waals surface area (Å²) in [5, 5.41) is 13.6. The number of thiophene rings is 1. The van der Waals surface area contributed by atoms with Gasteiger partial charge in [0.1, 0.15) is 6.61 Å². The Labute approximate surface area is 128 Å². The molecule has 0 spiro atoms. The molecule has 0 saturated carbocycles. The number of carbonyl (C=O) groups is 1. The van der Waals surface area contributed by atoms with Gasteiger partial charge >= 0.3 is 0 Å². The normalized spacial score (nSPS) is 9.81. The van der Waals surface area contributed by atoms with E-state index in [0.717, 1.165) is 28.0 Å². The fraction of sp³-hybridized carbons (Fsp3) is 0.235. The third-order valence-electron chi connectivity index (χ3n) is 3.03. The summed E-state index contributed by atoms with van der Waals surface area (Å²) in [5.74, 6) is 5.44. The van der Waals surface area contributed by atoms with Crippen molar-refractivity contribution in [2.75, 3.05) is 6.61 Å². The highest BCUT2D eigenvalue weighted by molar-refractivity contribution is 7.12. The zero-order chi connectivity index (χ0) is 15.1. The van der Waals surface area contributed by atoms with Crippen LogP contribution in [0.1, 0.15) is 33.3 Å². The zero-order valence-corrected chi connectivity index (χ0v) is 12.7. The summed E-state index contributed by atoms with van der Waals surface area (Å²) in [6.07, 6.45) is 0.860. The number of rotatable bonds is 4. The molecule has 1 amide bonds. The maximum absolute atomic E-state index is 12.2. The fourth-order valence-corrected chi connectivity index (χ4v) is 2.89. The second-order valence-corrected chi connectivity index (χ2v) is 5.39. The number of hydrogen-bond acceptors (Lipinski definition) is 3. The second-order valence-electron chi connectivity index (χ2n) is 4.47. The molecule has 0 bridgehead atoms. The monoisotopic (exact) mass is 299 g/mol. The Morgan fingerprint density at radius 3 is 3.00 bits per heavy atom. The Morgan fingerprint density at radius 1 is 1.38 bits per heavy atom.